The maximum atomic E-state index is 14.1. The van der Waals surface area contributed by atoms with Crippen LogP contribution in [0.25, 0.3) is 10.2 Å². The minimum atomic E-state index is -1.07. The Hall–Kier alpha value is -3.46. The van der Waals surface area contributed by atoms with Gasteiger partial charge in [0.05, 0.1) is 12.2 Å². The monoisotopic (exact) mass is 491 g/mol. The van der Waals surface area contributed by atoms with Gasteiger partial charge in [-0.05, 0) is 35.7 Å². The number of carbonyl (C=O) groups excluding carboxylic acids is 2. The van der Waals surface area contributed by atoms with Gasteiger partial charge in [0.2, 0.25) is 0 Å². The number of hydrogen-bond acceptors (Lipinski definition) is 4. The van der Waals surface area contributed by atoms with E-state index >= 15 is 0 Å². The fourth-order valence-corrected chi connectivity index (χ4v) is 6.28. The van der Waals surface area contributed by atoms with E-state index in [4.69, 9.17) is 0 Å². The molecule has 0 saturated carbocycles. The van der Waals surface area contributed by atoms with Gasteiger partial charge in [-0.2, -0.15) is 5.10 Å². The Labute approximate surface area is 206 Å². The van der Waals surface area contributed by atoms with Gasteiger partial charge in [0.25, 0.3) is 11.8 Å². The zero-order valence-electron chi connectivity index (χ0n) is 20.1. The largest absolute Gasteiger partial charge is 0.324 e. The number of benzene rings is 1. The first-order chi connectivity index (χ1) is 16.6. The molecule has 0 bridgehead atoms. The van der Waals surface area contributed by atoms with Crippen LogP contribution in [0.1, 0.15) is 53.0 Å². The summed E-state index contributed by atoms with van der Waals surface area (Å²) < 4.78 is 17.6. The van der Waals surface area contributed by atoms with Gasteiger partial charge in [0.15, 0.2) is 5.66 Å². The summed E-state index contributed by atoms with van der Waals surface area (Å²) in [6.07, 6.45) is 0. The normalized spacial score (nSPS) is 20.0. The number of hydrogen-bond donors (Lipinski definition) is 0. The number of fused-ring (bicyclic) bond motifs is 4. The molecule has 0 aliphatic carbocycles. The van der Waals surface area contributed by atoms with Crippen LogP contribution in [-0.2, 0) is 24.7 Å². The summed E-state index contributed by atoms with van der Waals surface area (Å²) in [5, 5.41) is 7.61. The molecule has 0 radical (unpaired) electrons. The van der Waals surface area contributed by atoms with Crippen molar-refractivity contribution in [1.82, 2.24) is 24.1 Å². The van der Waals surface area contributed by atoms with Crippen molar-refractivity contribution in [3.63, 3.8) is 0 Å². The van der Waals surface area contributed by atoms with E-state index in [0.29, 0.717) is 36.6 Å². The Balaban J connectivity index is 1.54. The lowest BCUT2D eigenvalue weighted by Crippen LogP contribution is -2.60. The third-order valence-corrected chi connectivity index (χ3v) is 8.16. The molecule has 5 heterocycles. The van der Waals surface area contributed by atoms with E-state index in [1.54, 1.807) is 45.0 Å². The standard InChI is InChI=1S/C26H26FN5O2S/c1-25(2,3)21-14-19(29(4)28-21)22(33)31-10-11-32-23(34)20-13-16-9-12-35-24(16)30(20)15-26(31,32)17-5-7-18(27)8-6-17/h5-9,12-14H,10-11,15H2,1-4H3. The predicted octanol–water partition coefficient (Wildman–Crippen LogP) is 4.34. The molecule has 3 aromatic heterocycles. The first-order valence-corrected chi connectivity index (χ1v) is 12.5. The lowest BCUT2D eigenvalue weighted by atomic mass is 9.92. The number of rotatable bonds is 2. The lowest BCUT2D eigenvalue weighted by molar-refractivity contribution is -0.00554. The van der Waals surface area contributed by atoms with Gasteiger partial charge in [-0.1, -0.05) is 32.9 Å². The number of amides is 2. The van der Waals surface area contributed by atoms with Crippen LogP contribution in [0, 0.1) is 5.82 Å². The van der Waals surface area contributed by atoms with Crippen molar-refractivity contribution in [3.8, 4) is 0 Å². The summed E-state index contributed by atoms with van der Waals surface area (Å²) in [5.74, 6) is -0.689. The van der Waals surface area contributed by atoms with Crippen LogP contribution in [0.15, 0.2) is 47.8 Å². The van der Waals surface area contributed by atoms with Crippen molar-refractivity contribution < 1.29 is 14.0 Å². The van der Waals surface area contributed by atoms with Crippen LogP contribution in [0.4, 0.5) is 4.39 Å². The molecule has 2 aliphatic heterocycles. The Morgan fingerprint density at radius 1 is 1.11 bits per heavy atom. The molecule has 2 amide bonds. The number of thiophene rings is 1. The molecule has 1 fully saturated rings. The second-order valence-corrected chi connectivity index (χ2v) is 11.2. The molecule has 1 atom stereocenters. The Bertz CT molecular complexity index is 1490. The Kier molecular flexibility index (Phi) is 4.58. The average Bonchev–Trinajstić information content (AvgIpc) is 3.56. The van der Waals surface area contributed by atoms with Crippen LogP contribution in [0.5, 0.6) is 0 Å². The van der Waals surface area contributed by atoms with Gasteiger partial charge >= 0.3 is 0 Å². The van der Waals surface area contributed by atoms with E-state index in [1.807, 2.05) is 28.1 Å². The SMILES string of the molecule is Cn1nc(C(C)(C)C)cc1C(=O)N1CCN2C(=O)c3cc4ccsc4n3CC12c1ccc(F)cc1. The minimum absolute atomic E-state index is 0.125. The molecule has 6 rings (SSSR count). The van der Waals surface area contributed by atoms with E-state index in [1.165, 1.54) is 12.1 Å². The molecule has 4 aromatic rings. The van der Waals surface area contributed by atoms with Gasteiger partial charge in [-0.3, -0.25) is 14.3 Å². The molecule has 9 heteroatoms. The highest BCUT2D eigenvalue weighted by atomic mass is 32.1. The van der Waals surface area contributed by atoms with E-state index in [-0.39, 0.29) is 23.0 Å². The van der Waals surface area contributed by atoms with Crippen molar-refractivity contribution in [2.24, 2.45) is 7.05 Å². The molecule has 1 unspecified atom stereocenters. The maximum Gasteiger partial charge on any atom is 0.274 e. The van der Waals surface area contributed by atoms with Crippen LogP contribution in [0.2, 0.25) is 0 Å². The van der Waals surface area contributed by atoms with E-state index in [2.05, 4.69) is 25.9 Å². The summed E-state index contributed by atoms with van der Waals surface area (Å²) >= 11 is 1.57. The first kappa shape index (κ1) is 22.0. The summed E-state index contributed by atoms with van der Waals surface area (Å²) in [7, 11) is 1.77. The number of halogens is 1. The highest BCUT2D eigenvalue weighted by molar-refractivity contribution is 7.16. The third kappa shape index (κ3) is 3.03. The lowest BCUT2D eigenvalue weighted by Gasteiger charge is -2.47. The van der Waals surface area contributed by atoms with E-state index in [9.17, 15) is 14.0 Å². The summed E-state index contributed by atoms with van der Waals surface area (Å²) in [6.45, 7) is 7.31. The maximum absolute atomic E-state index is 14.1. The number of aryl methyl sites for hydroxylation is 1. The molecule has 0 N–H and O–H groups in total. The van der Waals surface area contributed by atoms with Crippen LogP contribution < -0.4 is 0 Å². The molecule has 7 nitrogen and oxygen atoms in total. The molecular formula is C26H26FN5O2S. The zero-order valence-corrected chi connectivity index (χ0v) is 20.9. The predicted molar refractivity (Wildman–Crippen MR) is 132 cm³/mol. The van der Waals surface area contributed by atoms with Gasteiger partial charge < -0.3 is 14.4 Å². The molecule has 35 heavy (non-hydrogen) atoms. The smallest absolute Gasteiger partial charge is 0.274 e. The Morgan fingerprint density at radius 2 is 1.86 bits per heavy atom. The van der Waals surface area contributed by atoms with Crippen molar-refractivity contribution in [1.29, 1.82) is 0 Å². The summed E-state index contributed by atoms with van der Waals surface area (Å²) in [5.41, 5.74) is 1.33. The van der Waals surface area contributed by atoms with Crippen LogP contribution >= 0.6 is 11.3 Å². The summed E-state index contributed by atoms with van der Waals surface area (Å²) in [4.78, 5) is 32.5. The van der Waals surface area contributed by atoms with Crippen molar-refractivity contribution in [2.45, 2.75) is 38.4 Å². The average molecular weight is 492 g/mol. The van der Waals surface area contributed by atoms with Crippen molar-refractivity contribution >= 4 is 33.4 Å². The van der Waals surface area contributed by atoms with Gasteiger partial charge in [0.1, 0.15) is 22.0 Å². The molecule has 1 saturated heterocycles. The number of carbonyl (C=O) groups is 2. The third-order valence-electron chi connectivity index (χ3n) is 7.20. The number of nitrogens with zero attached hydrogens (tertiary/aromatic N) is 5. The van der Waals surface area contributed by atoms with E-state index in [0.717, 1.165) is 15.9 Å². The minimum Gasteiger partial charge on any atom is -0.324 e. The molecular weight excluding hydrogens is 465 g/mol. The van der Waals surface area contributed by atoms with E-state index < -0.39 is 5.66 Å². The second kappa shape index (κ2) is 7.27. The van der Waals surface area contributed by atoms with Gasteiger partial charge in [-0.15, -0.1) is 11.3 Å². The second-order valence-electron chi connectivity index (χ2n) is 10.3. The Morgan fingerprint density at radius 3 is 2.54 bits per heavy atom. The van der Waals surface area contributed by atoms with Crippen LogP contribution in [-0.4, -0.2) is 49.1 Å². The van der Waals surface area contributed by atoms with Gasteiger partial charge in [-0.25, -0.2) is 4.39 Å². The van der Waals surface area contributed by atoms with Crippen molar-refractivity contribution in [3.05, 3.63) is 76.3 Å². The number of aromatic nitrogens is 3. The molecule has 2 aliphatic rings. The quantitative estimate of drug-likeness (QED) is 0.419. The topological polar surface area (TPSA) is 63.4 Å². The molecule has 0 spiro atoms. The van der Waals surface area contributed by atoms with Crippen LogP contribution in [0.3, 0.4) is 0 Å². The fraction of sp³-hybridized carbons (Fsp3) is 0.346. The first-order valence-electron chi connectivity index (χ1n) is 11.6. The molecule has 180 valence electrons. The summed E-state index contributed by atoms with van der Waals surface area (Å²) in [6, 6.07) is 11.9. The zero-order chi connectivity index (χ0) is 24.7. The highest BCUT2D eigenvalue weighted by Gasteiger charge is 2.56. The fourth-order valence-electron chi connectivity index (χ4n) is 5.39. The van der Waals surface area contributed by atoms with Crippen molar-refractivity contribution in [2.75, 3.05) is 13.1 Å². The van der Waals surface area contributed by atoms with Gasteiger partial charge in [0, 0.05) is 36.5 Å². The molecule has 1 aromatic carbocycles. The highest BCUT2D eigenvalue weighted by Crippen LogP contribution is 2.45.